The van der Waals surface area contributed by atoms with E-state index in [1.807, 2.05) is 24.3 Å². The second-order valence-electron chi connectivity index (χ2n) is 7.24. The molecular formula is C23H29N5. The van der Waals surface area contributed by atoms with E-state index in [9.17, 15) is 0 Å². The molecule has 0 unspecified atom stereocenters. The van der Waals surface area contributed by atoms with Gasteiger partial charge >= 0.3 is 0 Å². The van der Waals surface area contributed by atoms with Gasteiger partial charge < -0.3 is 10.6 Å². The van der Waals surface area contributed by atoms with Crippen molar-refractivity contribution in [3.8, 4) is 6.07 Å². The van der Waals surface area contributed by atoms with Crippen molar-refractivity contribution in [3.05, 3.63) is 70.8 Å². The standard InChI is InChI=1S/C23H29N5/c1-25-23(26-16-20-7-5-19(15-24)6-8-20)27-17-21-9-11-22(12-10-21)18-28-13-3-2-4-14-28/h5-12H,2-4,13-14,16-18H2,1H3,(H2,25,26,27). The zero-order chi connectivity index (χ0) is 19.6. The van der Waals surface area contributed by atoms with Gasteiger partial charge in [-0.15, -0.1) is 0 Å². The lowest BCUT2D eigenvalue weighted by Crippen LogP contribution is -2.36. The molecule has 0 bridgehead atoms. The van der Waals surface area contributed by atoms with E-state index in [4.69, 9.17) is 5.26 Å². The molecule has 0 aromatic heterocycles. The van der Waals surface area contributed by atoms with E-state index in [1.165, 1.54) is 43.5 Å². The highest BCUT2D eigenvalue weighted by Crippen LogP contribution is 2.13. The highest BCUT2D eigenvalue weighted by atomic mass is 15.2. The van der Waals surface area contributed by atoms with Gasteiger partial charge in [0.2, 0.25) is 0 Å². The summed E-state index contributed by atoms with van der Waals surface area (Å²) in [6, 6.07) is 18.6. The lowest BCUT2D eigenvalue weighted by atomic mass is 10.1. The van der Waals surface area contributed by atoms with Crippen molar-refractivity contribution < 1.29 is 0 Å². The normalized spacial score (nSPS) is 15.1. The molecule has 1 aliphatic heterocycles. The molecule has 0 atom stereocenters. The first kappa shape index (κ1) is 19.9. The molecule has 0 saturated carbocycles. The second kappa shape index (κ2) is 10.5. The lowest BCUT2D eigenvalue weighted by Gasteiger charge is -2.26. The number of hydrogen-bond donors (Lipinski definition) is 2. The highest BCUT2D eigenvalue weighted by molar-refractivity contribution is 5.79. The molecule has 0 aliphatic carbocycles. The smallest absolute Gasteiger partial charge is 0.191 e. The van der Waals surface area contributed by atoms with Crippen LogP contribution in [0, 0.1) is 11.3 Å². The van der Waals surface area contributed by atoms with Gasteiger partial charge in [-0.1, -0.05) is 42.8 Å². The Kier molecular flexibility index (Phi) is 7.45. The third kappa shape index (κ3) is 6.11. The monoisotopic (exact) mass is 375 g/mol. The first-order valence-electron chi connectivity index (χ1n) is 10.0. The van der Waals surface area contributed by atoms with Crippen LogP contribution in [-0.4, -0.2) is 31.0 Å². The van der Waals surface area contributed by atoms with Crippen LogP contribution in [0.25, 0.3) is 0 Å². The van der Waals surface area contributed by atoms with Crippen LogP contribution in [-0.2, 0) is 19.6 Å². The summed E-state index contributed by atoms with van der Waals surface area (Å²) < 4.78 is 0. The van der Waals surface area contributed by atoms with Crippen molar-refractivity contribution in [1.29, 1.82) is 5.26 Å². The minimum absolute atomic E-state index is 0.667. The van der Waals surface area contributed by atoms with Crippen molar-refractivity contribution >= 4 is 5.96 Å². The molecule has 0 spiro atoms. The number of likely N-dealkylation sites (tertiary alicyclic amines) is 1. The Bertz CT molecular complexity index is 796. The van der Waals surface area contributed by atoms with Gasteiger partial charge in [0.15, 0.2) is 5.96 Å². The summed E-state index contributed by atoms with van der Waals surface area (Å²) in [5.74, 6) is 0.766. The molecular weight excluding hydrogens is 346 g/mol. The number of nitriles is 1. The van der Waals surface area contributed by atoms with Gasteiger partial charge in [0.1, 0.15) is 0 Å². The Morgan fingerprint density at radius 1 is 0.893 bits per heavy atom. The zero-order valence-corrected chi connectivity index (χ0v) is 16.6. The fourth-order valence-corrected chi connectivity index (χ4v) is 3.43. The molecule has 1 aliphatic rings. The molecule has 146 valence electrons. The summed E-state index contributed by atoms with van der Waals surface area (Å²) in [6.07, 6.45) is 4.04. The summed E-state index contributed by atoms with van der Waals surface area (Å²) in [7, 11) is 1.77. The second-order valence-corrected chi connectivity index (χ2v) is 7.24. The van der Waals surface area contributed by atoms with Crippen LogP contribution in [0.5, 0.6) is 0 Å². The molecule has 5 heteroatoms. The maximum Gasteiger partial charge on any atom is 0.191 e. The molecule has 1 saturated heterocycles. The molecule has 1 heterocycles. The molecule has 0 radical (unpaired) electrons. The predicted molar refractivity (Wildman–Crippen MR) is 114 cm³/mol. The van der Waals surface area contributed by atoms with Crippen molar-refractivity contribution in [2.24, 2.45) is 4.99 Å². The minimum atomic E-state index is 0.667. The number of aliphatic imine (C=N–C) groups is 1. The predicted octanol–water partition coefficient (Wildman–Crippen LogP) is 3.41. The third-order valence-electron chi connectivity index (χ3n) is 5.10. The number of nitrogens with one attached hydrogen (secondary N) is 2. The summed E-state index contributed by atoms with van der Waals surface area (Å²) in [4.78, 5) is 6.83. The minimum Gasteiger partial charge on any atom is -0.352 e. The molecule has 5 nitrogen and oxygen atoms in total. The number of benzene rings is 2. The molecule has 3 rings (SSSR count). The summed E-state index contributed by atoms with van der Waals surface area (Å²) in [5.41, 5.74) is 4.41. The van der Waals surface area contributed by atoms with Gasteiger partial charge in [-0.2, -0.15) is 5.26 Å². The van der Waals surface area contributed by atoms with E-state index in [1.54, 1.807) is 7.05 Å². The highest BCUT2D eigenvalue weighted by Gasteiger charge is 2.10. The molecule has 28 heavy (non-hydrogen) atoms. The van der Waals surface area contributed by atoms with E-state index in [-0.39, 0.29) is 0 Å². The zero-order valence-electron chi connectivity index (χ0n) is 16.6. The topological polar surface area (TPSA) is 63.5 Å². The van der Waals surface area contributed by atoms with Gasteiger partial charge in [0.25, 0.3) is 0 Å². The van der Waals surface area contributed by atoms with Crippen molar-refractivity contribution in [2.45, 2.75) is 38.9 Å². The van der Waals surface area contributed by atoms with E-state index < -0.39 is 0 Å². The first-order valence-corrected chi connectivity index (χ1v) is 10.0. The van der Waals surface area contributed by atoms with Crippen LogP contribution in [0.4, 0.5) is 0 Å². The fourth-order valence-electron chi connectivity index (χ4n) is 3.43. The molecule has 2 aromatic carbocycles. The van der Waals surface area contributed by atoms with Gasteiger partial charge in [-0.05, 0) is 54.8 Å². The Labute approximate surface area is 168 Å². The number of piperidine rings is 1. The number of hydrogen-bond acceptors (Lipinski definition) is 3. The molecule has 2 N–H and O–H groups in total. The summed E-state index contributed by atoms with van der Waals surface area (Å²) >= 11 is 0. The average molecular weight is 376 g/mol. The quantitative estimate of drug-likeness (QED) is 0.600. The number of rotatable bonds is 6. The maximum atomic E-state index is 8.87. The fraction of sp³-hybridized carbons (Fsp3) is 0.391. The first-order chi connectivity index (χ1) is 13.8. The largest absolute Gasteiger partial charge is 0.352 e. The Hall–Kier alpha value is -2.84. The van der Waals surface area contributed by atoms with Crippen LogP contribution in [0.15, 0.2) is 53.5 Å². The summed E-state index contributed by atoms with van der Waals surface area (Å²) in [5, 5.41) is 15.5. The van der Waals surface area contributed by atoms with Gasteiger partial charge in [0.05, 0.1) is 11.6 Å². The molecule has 1 fully saturated rings. The van der Waals surface area contributed by atoms with Gasteiger partial charge in [-0.3, -0.25) is 9.89 Å². The van der Waals surface area contributed by atoms with E-state index >= 15 is 0 Å². The Balaban J connectivity index is 1.44. The Morgan fingerprint density at radius 2 is 1.43 bits per heavy atom. The lowest BCUT2D eigenvalue weighted by molar-refractivity contribution is 0.221. The van der Waals surface area contributed by atoms with E-state index in [0.717, 1.165) is 24.6 Å². The number of nitrogens with zero attached hydrogens (tertiary/aromatic N) is 3. The van der Waals surface area contributed by atoms with Crippen LogP contribution in [0.1, 0.15) is 41.5 Å². The third-order valence-corrected chi connectivity index (χ3v) is 5.10. The average Bonchev–Trinajstić information content (AvgIpc) is 2.76. The van der Waals surface area contributed by atoms with Crippen LogP contribution in [0.2, 0.25) is 0 Å². The maximum absolute atomic E-state index is 8.87. The number of guanidine groups is 1. The van der Waals surface area contributed by atoms with E-state index in [2.05, 4.69) is 50.9 Å². The van der Waals surface area contributed by atoms with Gasteiger partial charge in [0, 0.05) is 26.7 Å². The Morgan fingerprint density at radius 3 is 1.96 bits per heavy atom. The molecule has 2 aromatic rings. The van der Waals surface area contributed by atoms with Crippen LogP contribution >= 0.6 is 0 Å². The van der Waals surface area contributed by atoms with Gasteiger partial charge in [-0.25, -0.2) is 0 Å². The van der Waals surface area contributed by atoms with Crippen LogP contribution in [0.3, 0.4) is 0 Å². The van der Waals surface area contributed by atoms with Crippen molar-refractivity contribution in [1.82, 2.24) is 15.5 Å². The van der Waals surface area contributed by atoms with Crippen molar-refractivity contribution in [3.63, 3.8) is 0 Å². The SMILES string of the molecule is CN=C(NCc1ccc(C#N)cc1)NCc1ccc(CN2CCCCC2)cc1. The van der Waals surface area contributed by atoms with E-state index in [0.29, 0.717) is 12.1 Å². The summed E-state index contributed by atoms with van der Waals surface area (Å²) in [6.45, 7) is 4.91. The molecule has 0 amide bonds. The van der Waals surface area contributed by atoms with Crippen LogP contribution < -0.4 is 10.6 Å². The van der Waals surface area contributed by atoms with Crippen molar-refractivity contribution in [2.75, 3.05) is 20.1 Å².